The van der Waals surface area contributed by atoms with Crippen molar-refractivity contribution in [2.45, 2.75) is 170 Å². The van der Waals surface area contributed by atoms with E-state index in [-0.39, 0.29) is 33.1 Å². The van der Waals surface area contributed by atoms with E-state index in [2.05, 4.69) is 121 Å². The Morgan fingerprint density at radius 2 is 1.09 bits per heavy atom. The maximum absolute atomic E-state index is 14.1. The quantitative estimate of drug-likeness (QED) is 0.0688. The molecule has 2 N–H and O–H groups in total. The van der Waals surface area contributed by atoms with Crippen LogP contribution in [0.25, 0.3) is 0 Å². The molecule has 3 aromatic carbocycles. The Balaban J connectivity index is 2.66. The highest BCUT2D eigenvalue weighted by Crippen LogP contribution is 2.49. The molecule has 0 aliphatic carbocycles. The van der Waals surface area contributed by atoms with Crippen LogP contribution in [0.15, 0.2) is 47.5 Å². The summed E-state index contributed by atoms with van der Waals surface area (Å²) in [5.41, 5.74) is 1.96. The summed E-state index contributed by atoms with van der Waals surface area (Å²) in [6.07, 6.45) is 5.32. The summed E-state index contributed by atoms with van der Waals surface area (Å²) in [6, 6.07) is 12.0. The number of aromatic hydroxyl groups is 1. The van der Waals surface area contributed by atoms with Crippen LogP contribution in [0.1, 0.15) is 175 Å². The molecule has 310 valence electrons. The van der Waals surface area contributed by atoms with Crippen LogP contribution in [0.5, 0.6) is 17.2 Å². The summed E-state index contributed by atoms with van der Waals surface area (Å²) in [7, 11) is 0. The van der Waals surface area contributed by atoms with Crippen LogP contribution in [0.2, 0.25) is 0 Å². The predicted molar refractivity (Wildman–Crippen MR) is 232 cm³/mol. The van der Waals surface area contributed by atoms with Crippen LogP contribution >= 0.6 is 0 Å². The molecular formula is C48H72N2O6. The number of nitro benzene ring substituents is 1. The lowest BCUT2D eigenvalue weighted by Gasteiger charge is -2.41. The first-order valence-electron chi connectivity index (χ1n) is 20.6. The van der Waals surface area contributed by atoms with Gasteiger partial charge in [-0.15, -0.1) is 0 Å². The smallest absolute Gasteiger partial charge is 0.311 e. The number of nitrogens with zero attached hydrogens (tertiary/aromatic N) is 2. The Morgan fingerprint density at radius 3 is 1.39 bits per heavy atom. The minimum Gasteiger partial charge on any atom is -0.502 e. The SMILES string of the molecule is CCCCOc1c(C(C)(C)C)cc(C(O)(c2cc(C(C)(C)C)c(OCCCC)c(C(C)(C)C)c2)C(N=Cc2cccc([N+](=O)[O-])c2O)C(C)C)cc1C(C)(C)C. The van der Waals surface area contributed by atoms with Gasteiger partial charge in [-0.3, -0.25) is 15.1 Å². The molecule has 0 saturated carbocycles. The molecular weight excluding hydrogens is 701 g/mol. The number of hydrogen-bond donors (Lipinski definition) is 2. The van der Waals surface area contributed by atoms with Gasteiger partial charge in [-0.1, -0.05) is 130 Å². The first-order chi connectivity index (χ1) is 25.7. The fourth-order valence-electron chi connectivity index (χ4n) is 7.11. The first-order valence-corrected chi connectivity index (χ1v) is 20.6. The molecule has 0 heterocycles. The predicted octanol–water partition coefficient (Wildman–Crippen LogP) is 12.2. The van der Waals surface area contributed by atoms with Crippen molar-refractivity contribution in [3.05, 3.63) is 91.5 Å². The van der Waals surface area contributed by atoms with Gasteiger partial charge in [-0.05, 0) is 81.9 Å². The Morgan fingerprint density at radius 1 is 0.714 bits per heavy atom. The maximum atomic E-state index is 14.1. The van der Waals surface area contributed by atoms with Gasteiger partial charge in [-0.25, -0.2) is 0 Å². The van der Waals surface area contributed by atoms with Gasteiger partial charge >= 0.3 is 5.69 Å². The van der Waals surface area contributed by atoms with Crippen LogP contribution in [-0.4, -0.2) is 40.6 Å². The van der Waals surface area contributed by atoms with Gasteiger partial charge in [0.15, 0.2) is 0 Å². The molecule has 1 atom stereocenters. The highest BCUT2D eigenvalue weighted by Gasteiger charge is 2.46. The molecule has 0 radical (unpaired) electrons. The van der Waals surface area contributed by atoms with Gasteiger partial charge in [0, 0.05) is 40.1 Å². The number of aliphatic imine (C=N–C) groups is 1. The monoisotopic (exact) mass is 773 g/mol. The van der Waals surface area contributed by atoms with Crippen molar-refractivity contribution >= 4 is 11.9 Å². The number of phenolic OH excluding ortho intramolecular Hbond substituents is 1. The van der Waals surface area contributed by atoms with E-state index >= 15 is 0 Å². The third kappa shape index (κ3) is 10.5. The molecule has 3 rings (SSSR count). The van der Waals surface area contributed by atoms with Crippen LogP contribution in [0.3, 0.4) is 0 Å². The molecule has 0 aliphatic rings. The fourth-order valence-corrected chi connectivity index (χ4v) is 7.11. The van der Waals surface area contributed by atoms with Crippen molar-refractivity contribution in [3.8, 4) is 17.2 Å². The average molecular weight is 773 g/mol. The Bertz CT molecular complexity index is 1690. The molecule has 0 fully saturated rings. The van der Waals surface area contributed by atoms with Gasteiger partial charge in [0.25, 0.3) is 0 Å². The molecule has 8 heteroatoms. The first kappa shape index (κ1) is 46.5. The second-order valence-corrected chi connectivity index (χ2v) is 19.9. The van der Waals surface area contributed by atoms with E-state index in [0.717, 1.165) is 59.4 Å². The van der Waals surface area contributed by atoms with Crippen LogP contribution in [0, 0.1) is 16.0 Å². The largest absolute Gasteiger partial charge is 0.502 e. The van der Waals surface area contributed by atoms with Crippen LogP contribution in [0.4, 0.5) is 5.69 Å². The molecule has 0 aromatic heterocycles. The van der Waals surface area contributed by atoms with E-state index in [1.54, 1.807) is 6.07 Å². The van der Waals surface area contributed by atoms with Crippen molar-refractivity contribution < 1.29 is 24.6 Å². The van der Waals surface area contributed by atoms with Gasteiger partial charge in [0.05, 0.1) is 24.2 Å². The van der Waals surface area contributed by atoms with Crippen molar-refractivity contribution in [3.63, 3.8) is 0 Å². The minimum absolute atomic E-state index is 0.197. The average Bonchev–Trinajstić information content (AvgIpc) is 3.06. The van der Waals surface area contributed by atoms with E-state index in [4.69, 9.17) is 14.5 Å². The summed E-state index contributed by atoms with van der Waals surface area (Å²) in [6.45, 7) is 35.6. The number of unbranched alkanes of at least 4 members (excludes halogenated alkanes) is 2. The third-order valence-electron chi connectivity index (χ3n) is 10.5. The molecule has 3 aromatic rings. The van der Waals surface area contributed by atoms with Crippen molar-refractivity contribution in [2.24, 2.45) is 10.9 Å². The number of nitro groups is 1. The summed E-state index contributed by atoms with van der Waals surface area (Å²) in [5.74, 6) is 0.997. The number of benzene rings is 3. The van der Waals surface area contributed by atoms with Gasteiger partial charge in [0.2, 0.25) is 5.75 Å². The number of aliphatic hydroxyl groups is 1. The maximum Gasteiger partial charge on any atom is 0.311 e. The lowest BCUT2D eigenvalue weighted by Crippen LogP contribution is -2.44. The van der Waals surface area contributed by atoms with Crippen molar-refractivity contribution in [2.75, 3.05) is 13.2 Å². The lowest BCUT2D eigenvalue weighted by atomic mass is 9.69. The van der Waals surface area contributed by atoms with Gasteiger partial charge in [-0.2, -0.15) is 0 Å². The highest BCUT2D eigenvalue weighted by molar-refractivity contribution is 5.85. The number of hydrogen-bond acceptors (Lipinski definition) is 7. The molecule has 8 nitrogen and oxygen atoms in total. The molecule has 56 heavy (non-hydrogen) atoms. The zero-order valence-electron chi connectivity index (χ0n) is 37.4. The van der Waals surface area contributed by atoms with E-state index in [9.17, 15) is 20.3 Å². The van der Waals surface area contributed by atoms with Crippen molar-refractivity contribution in [1.82, 2.24) is 0 Å². The molecule has 0 aliphatic heterocycles. The summed E-state index contributed by atoms with van der Waals surface area (Å²) in [4.78, 5) is 16.2. The van der Waals surface area contributed by atoms with E-state index in [0.29, 0.717) is 24.3 Å². The second-order valence-electron chi connectivity index (χ2n) is 19.9. The highest BCUT2D eigenvalue weighted by atomic mass is 16.6. The standard InChI is InChI=1S/C48H72N2O6/c1-17-19-24-55-41-35(44(5,6)7)26-33(27-36(41)45(8,9)10)48(52,43(31(3)4)49-30-32-22-21-23-39(40(32)51)50(53)54)34-28-37(46(11,12)13)42(56-25-20-18-2)38(29-34)47(14,15)16/h21-23,26-31,43,51-52H,17-20,24-25H2,1-16H3. The van der Waals surface area contributed by atoms with E-state index in [1.807, 2.05) is 13.8 Å². The molecule has 0 spiro atoms. The van der Waals surface area contributed by atoms with Gasteiger partial charge in [0.1, 0.15) is 17.1 Å². The lowest BCUT2D eigenvalue weighted by molar-refractivity contribution is -0.385. The number of ether oxygens (including phenoxy) is 2. The third-order valence-corrected chi connectivity index (χ3v) is 10.5. The molecule has 0 bridgehead atoms. The Hall–Kier alpha value is -3.91. The van der Waals surface area contributed by atoms with Crippen molar-refractivity contribution in [1.29, 1.82) is 0 Å². The second kappa shape index (κ2) is 17.7. The fraction of sp³-hybridized carbons (Fsp3) is 0.604. The zero-order valence-corrected chi connectivity index (χ0v) is 37.4. The van der Waals surface area contributed by atoms with E-state index in [1.165, 1.54) is 18.3 Å². The number of phenols is 1. The molecule has 1 unspecified atom stereocenters. The summed E-state index contributed by atoms with van der Waals surface area (Å²) < 4.78 is 13.3. The Labute approximate surface area is 338 Å². The minimum atomic E-state index is -1.73. The number of para-hydroxylation sites is 1. The van der Waals surface area contributed by atoms with Crippen LogP contribution < -0.4 is 9.47 Å². The Kier molecular flexibility index (Phi) is 14.7. The molecule has 0 saturated heterocycles. The summed E-state index contributed by atoms with van der Waals surface area (Å²) in [5, 5.41) is 36.8. The topological polar surface area (TPSA) is 114 Å². The summed E-state index contributed by atoms with van der Waals surface area (Å²) >= 11 is 0. The molecule has 0 amide bonds. The van der Waals surface area contributed by atoms with Gasteiger partial charge < -0.3 is 19.7 Å². The zero-order chi connectivity index (χ0) is 42.6. The normalized spacial score (nSPS) is 13.8. The van der Waals surface area contributed by atoms with E-state index < -0.39 is 28.0 Å². The van der Waals surface area contributed by atoms with Crippen LogP contribution in [-0.2, 0) is 27.3 Å². The number of rotatable bonds is 15.